The van der Waals surface area contributed by atoms with Crippen molar-refractivity contribution in [2.45, 2.75) is 43.9 Å². The van der Waals surface area contributed by atoms with Crippen molar-refractivity contribution in [3.63, 3.8) is 0 Å². The smallest absolute Gasteiger partial charge is 0.255 e. The molecular formula is C25H25N3O5. The summed E-state index contributed by atoms with van der Waals surface area (Å²) in [4.78, 5) is 51.2. The quantitative estimate of drug-likeness (QED) is 0.546. The number of aldehydes is 1. The van der Waals surface area contributed by atoms with E-state index in [-0.39, 0.29) is 18.2 Å². The van der Waals surface area contributed by atoms with Gasteiger partial charge in [-0.15, -0.1) is 0 Å². The van der Waals surface area contributed by atoms with Gasteiger partial charge in [-0.3, -0.25) is 24.5 Å². The molecule has 2 N–H and O–H groups in total. The lowest BCUT2D eigenvalue weighted by Gasteiger charge is -2.39. The molecule has 0 aliphatic carbocycles. The zero-order valence-electron chi connectivity index (χ0n) is 18.1. The molecule has 33 heavy (non-hydrogen) atoms. The summed E-state index contributed by atoms with van der Waals surface area (Å²) >= 11 is 0. The van der Waals surface area contributed by atoms with Crippen LogP contribution in [0, 0.1) is 0 Å². The first kappa shape index (κ1) is 21.3. The van der Waals surface area contributed by atoms with Gasteiger partial charge in [0.25, 0.3) is 5.91 Å². The fourth-order valence-electron chi connectivity index (χ4n) is 5.05. The number of aliphatic hydroxyl groups is 1. The second-order valence-corrected chi connectivity index (χ2v) is 9.00. The van der Waals surface area contributed by atoms with E-state index in [2.05, 4.69) is 10.2 Å². The number of benzene rings is 2. The summed E-state index contributed by atoms with van der Waals surface area (Å²) in [7, 11) is 0. The molecule has 3 heterocycles. The zero-order chi connectivity index (χ0) is 23.2. The van der Waals surface area contributed by atoms with Crippen molar-refractivity contribution < 1.29 is 24.3 Å². The van der Waals surface area contributed by atoms with Gasteiger partial charge in [-0.2, -0.15) is 0 Å². The molecule has 8 heteroatoms. The first-order valence-electron chi connectivity index (χ1n) is 11.2. The standard InChI is InChI=1S/C25H25N3O5/c29-15-16-1-4-19(5-2-16)27-11-9-25(33,10-12-27)18-3-6-20-17(13-18)14-28(24(20)32)21-7-8-22(30)26-23(21)31/h1-6,13,15,21,33H,7-12,14H2,(H,26,30,31). The average molecular weight is 447 g/mol. The molecule has 2 aromatic carbocycles. The number of anilines is 1. The summed E-state index contributed by atoms with van der Waals surface area (Å²) in [5.74, 6) is -0.956. The monoisotopic (exact) mass is 447 g/mol. The number of rotatable bonds is 4. The molecule has 3 amide bonds. The van der Waals surface area contributed by atoms with E-state index in [1.54, 1.807) is 24.3 Å². The van der Waals surface area contributed by atoms with Gasteiger partial charge in [-0.1, -0.05) is 12.1 Å². The fourth-order valence-corrected chi connectivity index (χ4v) is 5.05. The van der Waals surface area contributed by atoms with E-state index in [9.17, 15) is 24.3 Å². The van der Waals surface area contributed by atoms with Gasteiger partial charge in [-0.05, 0) is 60.7 Å². The van der Waals surface area contributed by atoms with Crippen LogP contribution in [0.15, 0.2) is 42.5 Å². The molecule has 0 bridgehead atoms. The minimum atomic E-state index is -1.00. The van der Waals surface area contributed by atoms with Gasteiger partial charge < -0.3 is 14.9 Å². The molecule has 2 fully saturated rings. The highest BCUT2D eigenvalue weighted by atomic mass is 16.3. The number of carbonyl (C=O) groups is 4. The van der Waals surface area contributed by atoms with Crippen molar-refractivity contribution >= 4 is 29.7 Å². The van der Waals surface area contributed by atoms with Gasteiger partial charge in [0.15, 0.2) is 0 Å². The molecular weight excluding hydrogens is 422 g/mol. The number of nitrogens with one attached hydrogen (secondary N) is 1. The topological polar surface area (TPSA) is 107 Å². The van der Waals surface area contributed by atoms with E-state index in [0.29, 0.717) is 50.0 Å². The molecule has 8 nitrogen and oxygen atoms in total. The summed E-state index contributed by atoms with van der Waals surface area (Å²) in [6.45, 7) is 1.62. The lowest BCUT2D eigenvalue weighted by Crippen LogP contribution is -2.52. The predicted octanol–water partition coefficient (Wildman–Crippen LogP) is 1.75. The maximum absolute atomic E-state index is 12.9. The molecule has 3 aliphatic rings. The molecule has 1 unspecified atom stereocenters. The summed E-state index contributed by atoms with van der Waals surface area (Å²) in [6.07, 6.45) is 2.43. The third kappa shape index (κ3) is 3.80. The third-order valence-electron chi connectivity index (χ3n) is 7.05. The van der Waals surface area contributed by atoms with Crippen molar-refractivity contribution in [3.8, 4) is 0 Å². The maximum atomic E-state index is 12.9. The summed E-state index contributed by atoms with van der Waals surface area (Å²) in [5, 5.41) is 13.7. The first-order chi connectivity index (χ1) is 15.9. The van der Waals surface area contributed by atoms with Crippen molar-refractivity contribution in [1.29, 1.82) is 0 Å². The van der Waals surface area contributed by atoms with Crippen LogP contribution < -0.4 is 10.2 Å². The highest BCUT2D eigenvalue weighted by Crippen LogP contribution is 2.37. The van der Waals surface area contributed by atoms with Gasteiger partial charge in [0.2, 0.25) is 11.8 Å². The largest absolute Gasteiger partial charge is 0.385 e. The first-order valence-corrected chi connectivity index (χ1v) is 11.2. The Morgan fingerprint density at radius 3 is 2.42 bits per heavy atom. The number of nitrogens with zero attached hydrogens (tertiary/aromatic N) is 2. The third-order valence-corrected chi connectivity index (χ3v) is 7.05. The van der Waals surface area contributed by atoms with E-state index >= 15 is 0 Å². The molecule has 0 saturated carbocycles. The van der Waals surface area contributed by atoms with Crippen LogP contribution in [0.1, 0.15) is 57.5 Å². The van der Waals surface area contributed by atoms with Crippen LogP contribution in [0.4, 0.5) is 5.69 Å². The summed E-state index contributed by atoms with van der Waals surface area (Å²) < 4.78 is 0. The van der Waals surface area contributed by atoms with E-state index in [4.69, 9.17) is 0 Å². The normalized spacial score (nSPS) is 22.2. The zero-order valence-corrected chi connectivity index (χ0v) is 18.1. The molecule has 3 aliphatic heterocycles. The highest BCUT2D eigenvalue weighted by molar-refractivity contribution is 6.05. The van der Waals surface area contributed by atoms with Gasteiger partial charge in [0.1, 0.15) is 12.3 Å². The Balaban J connectivity index is 1.30. The van der Waals surface area contributed by atoms with Crippen LogP contribution in [-0.2, 0) is 21.7 Å². The van der Waals surface area contributed by atoms with Gasteiger partial charge in [-0.25, -0.2) is 0 Å². The number of carbonyl (C=O) groups excluding carboxylic acids is 4. The van der Waals surface area contributed by atoms with E-state index in [1.165, 1.54) is 4.90 Å². The van der Waals surface area contributed by atoms with Gasteiger partial charge in [0, 0.05) is 42.9 Å². The van der Waals surface area contributed by atoms with Crippen LogP contribution in [0.3, 0.4) is 0 Å². The second kappa shape index (κ2) is 8.12. The minimum Gasteiger partial charge on any atom is -0.385 e. The van der Waals surface area contributed by atoms with Crippen LogP contribution in [0.2, 0.25) is 0 Å². The van der Waals surface area contributed by atoms with Crippen molar-refractivity contribution in [1.82, 2.24) is 10.2 Å². The predicted molar refractivity (Wildman–Crippen MR) is 120 cm³/mol. The van der Waals surface area contributed by atoms with Crippen LogP contribution >= 0.6 is 0 Å². The Kier molecular flexibility index (Phi) is 5.25. The van der Waals surface area contributed by atoms with Crippen molar-refractivity contribution in [2.24, 2.45) is 0 Å². The molecule has 0 radical (unpaired) electrons. The van der Waals surface area contributed by atoms with Crippen LogP contribution in [-0.4, -0.2) is 53.1 Å². The molecule has 2 saturated heterocycles. The SMILES string of the molecule is O=Cc1ccc(N2CCC(O)(c3ccc4c(c3)CN(C3CCC(=O)NC3=O)C4=O)CC2)cc1. The lowest BCUT2D eigenvalue weighted by molar-refractivity contribution is -0.136. The maximum Gasteiger partial charge on any atom is 0.255 e. The minimum absolute atomic E-state index is 0.216. The van der Waals surface area contributed by atoms with E-state index in [0.717, 1.165) is 23.1 Å². The van der Waals surface area contributed by atoms with Crippen LogP contribution in [0.5, 0.6) is 0 Å². The Labute approximate surface area is 191 Å². The average Bonchev–Trinajstić information content (AvgIpc) is 3.15. The highest BCUT2D eigenvalue weighted by Gasteiger charge is 2.40. The lowest BCUT2D eigenvalue weighted by atomic mass is 9.83. The van der Waals surface area contributed by atoms with Crippen molar-refractivity contribution in [2.75, 3.05) is 18.0 Å². The second-order valence-electron chi connectivity index (χ2n) is 9.00. The molecule has 170 valence electrons. The number of fused-ring (bicyclic) bond motifs is 1. The fraction of sp³-hybridized carbons (Fsp3) is 0.360. The molecule has 0 spiro atoms. The van der Waals surface area contributed by atoms with E-state index in [1.807, 2.05) is 18.2 Å². The molecule has 5 rings (SSSR count). The number of imide groups is 1. The molecule has 2 aromatic rings. The molecule has 1 atom stereocenters. The van der Waals surface area contributed by atoms with Gasteiger partial charge >= 0.3 is 0 Å². The number of piperidine rings is 2. The number of amides is 3. The van der Waals surface area contributed by atoms with Gasteiger partial charge in [0.05, 0.1) is 5.60 Å². The Morgan fingerprint density at radius 1 is 1.03 bits per heavy atom. The Morgan fingerprint density at radius 2 is 1.76 bits per heavy atom. The summed E-state index contributed by atoms with van der Waals surface area (Å²) in [6, 6.07) is 12.2. The number of hydrogen-bond acceptors (Lipinski definition) is 6. The molecule has 0 aromatic heterocycles. The van der Waals surface area contributed by atoms with E-state index < -0.39 is 17.6 Å². The summed E-state index contributed by atoms with van der Waals surface area (Å²) in [5.41, 5.74) is 2.75. The Bertz CT molecular complexity index is 1140. The number of hydrogen-bond donors (Lipinski definition) is 2. The van der Waals surface area contributed by atoms with Crippen molar-refractivity contribution in [3.05, 3.63) is 64.7 Å². The Hall–Kier alpha value is -3.52. The van der Waals surface area contributed by atoms with Crippen LogP contribution in [0.25, 0.3) is 0 Å².